The highest BCUT2D eigenvalue weighted by Gasteiger charge is 2.03. The second-order valence-corrected chi connectivity index (χ2v) is 4.54. The lowest BCUT2D eigenvalue weighted by Gasteiger charge is -2.07. The second-order valence-electron chi connectivity index (χ2n) is 4.54. The summed E-state index contributed by atoms with van der Waals surface area (Å²) in [6.07, 6.45) is 3.29. The van der Waals surface area contributed by atoms with Crippen LogP contribution in [0, 0.1) is 6.92 Å². The zero-order chi connectivity index (χ0) is 14.4. The fourth-order valence-electron chi connectivity index (χ4n) is 2.05. The van der Waals surface area contributed by atoms with Crippen LogP contribution in [0.3, 0.4) is 0 Å². The van der Waals surface area contributed by atoms with Crippen LogP contribution in [0.25, 0.3) is 17.2 Å². The van der Waals surface area contributed by atoms with Crippen LogP contribution in [0.5, 0.6) is 0 Å². The Morgan fingerprint density at radius 3 is 2.60 bits per heavy atom. The Morgan fingerprint density at radius 2 is 1.90 bits per heavy atom. The van der Waals surface area contributed by atoms with Gasteiger partial charge in [-0.05, 0) is 36.6 Å². The summed E-state index contributed by atoms with van der Waals surface area (Å²) in [4.78, 5) is 11.4. The summed E-state index contributed by atoms with van der Waals surface area (Å²) in [5, 5.41) is 0. The third-order valence-electron chi connectivity index (χ3n) is 2.98. The van der Waals surface area contributed by atoms with Gasteiger partial charge in [0.05, 0.1) is 6.61 Å². The van der Waals surface area contributed by atoms with Crippen LogP contribution in [0.1, 0.15) is 18.1 Å². The summed E-state index contributed by atoms with van der Waals surface area (Å²) in [5.74, 6) is -0.312. The minimum Gasteiger partial charge on any atom is -0.463 e. The molecule has 2 nitrogen and oxygen atoms in total. The molecular weight excluding hydrogens is 248 g/mol. The summed E-state index contributed by atoms with van der Waals surface area (Å²) in [6.45, 7) is 4.23. The van der Waals surface area contributed by atoms with Crippen molar-refractivity contribution in [3.8, 4) is 11.1 Å². The van der Waals surface area contributed by atoms with Gasteiger partial charge < -0.3 is 4.74 Å². The number of ether oxygens (including phenoxy) is 1. The molecule has 0 aliphatic rings. The molecule has 0 N–H and O–H groups in total. The topological polar surface area (TPSA) is 26.3 Å². The minimum atomic E-state index is -0.312. The third-order valence-corrected chi connectivity index (χ3v) is 2.98. The maximum atomic E-state index is 11.4. The molecule has 0 heterocycles. The highest BCUT2D eigenvalue weighted by atomic mass is 16.5. The van der Waals surface area contributed by atoms with Crippen molar-refractivity contribution in [2.45, 2.75) is 13.8 Å². The Hall–Kier alpha value is -2.35. The minimum absolute atomic E-state index is 0.312. The van der Waals surface area contributed by atoms with Crippen molar-refractivity contribution < 1.29 is 9.53 Å². The van der Waals surface area contributed by atoms with E-state index >= 15 is 0 Å². The first-order valence-electron chi connectivity index (χ1n) is 6.71. The van der Waals surface area contributed by atoms with Gasteiger partial charge in [0.1, 0.15) is 0 Å². The van der Waals surface area contributed by atoms with Crippen LogP contribution in [0.15, 0.2) is 54.6 Å². The molecular formula is C18H18O2. The lowest BCUT2D eigenvalue weighted by molar-refractivity contribution is -0.137. The van der Waals surface area contributed by atoms with E-state index in [1.807, 2.05) is 31.2 Å². The van der Waals surface area contributed by atoms with Crippen LogP contribution in [-0.2, 0) is 9.53 Å². The maximum Gasteiger partial charge on any atom is 0.330 e. The van der Waals surface area contributed by atoms with Gasteiger partial charge >= 0.3 is 5.97 Å². The van der Waals surface area contributed by atoms with Crippen molar-refractivity contribution in [2.75, 3.05) is 6.61 Å². The van der Waals surface area contributed by atoms with Crippen molar-refractivity contribution in [1.82, 2.24) is 0 Å². The lowest BCUT2D eigenvalue weighted by atomic mass is 9.97. The number of hydrogen-bond donors (Lipinski definition) is 0. The molecule has 0 atom stereocenters. The van der Waals surface area contributed by atoms with Gasteiger partial charge in [-0.3, -0.25) is 0 Å². The molecule has 0 saturated carbocycles. The maximum absolute atomic E-state index is 11.4. The van der Waals surface area contributed by atoms with Gasteiger partial charge in [-0.25, -0.2) is 4.79 Å². The van der Waals surface area contributed by atoms with E-state index in [2.05, 4.69) is 30.3 Å². The van der Waals surface area contributed by atoms with Gasteiger partial charge in [0.25, 0.3) is 0 Å². The van der Waals surface area contributed by atoms with Crippen molar-refractivity contribution in [3.63, 3.8) is 0 Å². The highest BCUT2D eigenvalue weighted by Crippen LogP contribution is 2.25. The van der Waals surface area contributed by atoms with Gasteiger partial charge in [0.2, 0.25) is 0 Å². The van der Waals surface area contributed by atoms with Gasteiger partial charge in [0.15, 0.2) is 0 Å². The van der Waals surface area contributed by atoms with Crippen molar-refractivity contribution >= 4 is 12.0 Å². The van der Waals surface area contributed by atoms with Crippen LogP contribution in [0.2, 0.25) is 0 Å². The fourth-order valence-corrected chi connectivity index (χ4v) is 2.05. The summed E-state index contributed by atoms with van der Waals surface area (Å²) < 4.78 is 4.91. The molecule has 2 aromatic carbocycles. The van der Waals surface area contributed by atoms with Gasteiger partial charge in [-0.1, -0.05) is 54.1 Å². The molecule has 0 spiro atoms. The average molecular weight is 266 g/mol. The van der Waals surface area contributed by atoms with Crippen LogP contribution in [-0.4, -0.2) is 12.6 Å². The Bertz CT molecular complexity index is 613. The SMILES string of the molecule is CCOC(=O)/C=C/c1cc(C)ccc1-c1ccccc1. The summed E-state index contributed by atoms with van der Waals surface area (Å²) in [5.41, 5.74) is 4.42. The van der Waals surface area contributed by atoms with Crippen LogP contribution >= 0.6 is 0 Å². The first-order chi connectivity index (χ1) is 9.70. The molecule has 0 saturated heterocycles. The van der Waals surface area contributed by atoms with Crippen molar-refractivity contribution in [1.29, 1.82) is 0 Å². The highest BCUT2D eigenvalue weighted by molar-refractivity contribution is 5.89. The lowest BCUT2D eigenvalue weighted by Crippen LogP contribution is -1.98. The molecule has 0 bridgehead atoms. The van der Waals surface area contributed by atoms with Gasteiger partial charge in [-0.15, -0.1) is 0 Å². The summed E-state index contributed by atoms with van der Waals surface area (Å²) >= 11 is 0. The molecule has 2 aromatic rings. The molecule has 0 aliphatic heterocycles. The quantitative estimate of drug-likeness (QED) is 0.611. The molecule has 20 heavy (non-hydrogen) atoms. The Labute approximate surface area is 119 Å². The smallest absolute Gasteiger partial charge is 0.330 e. The monoisotopic (exact) mass is 266 g/mol. The van der Waals surface area contributed by atoms with E-state index in [0.29, 0.717) is 6.61 Å². The molecule has 102 valence electrons. The zero-order valence-corrected chi connectivity index (χ0v) is 11.8. The predicted octanol–water partition coefficient (Wildman–Crippen LogP) is 4.24. The van der Waals surface area contributed by atoms with E-state index in [1.54, 1.807) is 6.92 Å². The van der Waals surface area contributed by atoms with E-state index in [4.69, 9.17) is 4.74 Å². The second kappa shape index (κ2) is 6.71. The zero-order valence-electron chi connectivity index (χ0n) is 11.8. The molecule has 0 fully saturated rings. The molecule has 0 radical (unpaired) electrons. The fraction of sp³-hybridized carbons (Fsp3) is 0.167. The standard InChI is InChI=1S/C18H18O2/c1-3-20-18(19)12-10-16-13-14(2)9-11-17(16)15-7-5-4-6-8-15/h4-13H,3H2,1-2H3/b12-10+. The van der Waals surface area contributed by atoms with E-state index in [1.165, 1.54) is 6.08 Å². The molecule has 2 heteroatoms. The number of carbonyl (C=O) groups excluding carboxylic acids is 1. The Morgan fingerprint density at radius 1 is 1.15 bits per heavy atom. The van der Waals surface area contributed by atoms with E-state index in [0.717, 1.165) is 22.3 Å². The van der Waals surface area contributed by atoms with E-state index in [9.17, 15) is 4.79 Å². The first kappa shape index (κ1) is 14.1. The van der Waals surface area contributed by atoms with Crippen molar-refractivity contribution in [2.24, 2.45) is 0 Å². The molecule has 0 unspecified atom stereocenters. The Balaban J connectivity index is 2.37. The van der Waals surface area contributed by atoms with E-state index in [-0.39, 0.29) is 5.97 Å². The average Bonchev–Trinajstić information content (AvgIpc) is 2.46. The van der Waals surface area contributed by atoms with Crippen molar-refractivity contribution in [3.05, 3.63) is 65.7 Å². The number of carbonyl (C=O) groups is 1. The number of hydrogen-bond acceptors (Lipinski definition) is 2. The third kappa shape index (κ3) is 3.58. The first-order valence-corrected chi connectivity index (χ1v) is 6.71. The number of aryl methyl sites for hydroxylation is 1. The van der Waals surface area contributed by atoms with Crippen LogP contribution in [0.4, 0.5) is 0 Å². The van der Waals surface area contributed by atoms with E-state index < -0.39 is 0 Å². The number of benzene rings is 2. The van der Waals surface area contributed by atoms with Gasteiger partial charge in [-0.2, -0.15) is 0 Å². The predicted molar refractivity (Wildman–Crippen MR) is 82.3 cm³/mol. The number of esters is 1. The molecule has 0 aliphatic carbocycles. The number of rotatable bonds is 4. The summed E-state index contributed by atoms with van der Waals surface area (Å²) in [6, 6.07) is 16.4. The Kier molecular flexibility index (Phi) is 4.72. The van der Waals surface area contributed by atoms with Gasteiger partial charge in [0, 0.05) is 6.08 Å². The molecule has 0 amide bonds. The largest absolute Gasteiger partial charge is 0.463 e. The molecule has 0 aromatic heterocycles. The summed E-state index contributed by atoms with van der Waals surface area (Å²) in [7, 11) is 0. The van der Waals surface area contributed by atoms with Crippen LogP contribution < -0.4 is 0 Å². The molecule has 2 rings (SSSR count). The normalized spacial score (nSPS) is 10.7.